The summed E-state index contributed by atoms with van der Waals surface area (Å²) in [6.07, 6.45) is 0.530. The van der Waals surface area contributed by atoms with Crippen molar-refractivity contribution >= 4 is 24.8 Å². The van der Waals surface area contributed by atoms with Crippen LogP contribution in [0.2, 0.25) is 0 Å². The van der Waals surface area contributed by atoms with Gasteiger partial charge in [-0.15, -0.1) is 24.8 Å². The van der Waals surface area contributed by atoms with Gasteiger partial charge in [0.25, 0.3) is 0 Å². The highest BCUT2D eigenvalue weighted by atomic mass is 35.5. The molecule has 1 aromatic carbocycles. The van der Waals surface area contributed by atoms with E-state index in [0.717, 1.165) is 36.6 Å². The molecule has 0 radical (unpaired) electrons. The highest BCUT2D eigenvalue weighted by Crippen LogP contribution is 2.41. The van der Waals surface area contributed by atoms with E-state index in [1.54, 1.807) is 21.3 Å². The Morgan fingerprint density at radius 3 is 2.13 bits per heavy atom. The standard InChI is InChI=1S/C22H33N3O4.2ClH/c1-22(2,3)19(26)13-25-9-8-16-15(12-25)23-21(24(16)4)14-10-17(27-5)20(29-7)18(11-14)28-6;;/h10-11,19,26H,8-9,12-13H2,1-7H3;2*1H. The molecule has 0 aliphatic carbocycles. The lowest BCUT2D eigenvalue weighted by Crippen LogP contribution is -2.42. The van der Waals surface area contributed by atoms with Gasteiger partial charge in [0, 0.05) is 44.4 Å². The molecule has 0 fully saturated rings. The number of ether oxygens (including phenoxy) is 3. The van der Waals surface area contributed by atoms with Gasteiger partial charge in [-0.2, -0.15) is 0 Å². The number of hydrogen-bond acceptors (Lipinski definition) is 6. The Labute approximate surface area is 197 Å². The fourth-order valence-corrected chi connectivity index (χ4v) is 3.72. The van der Waals surface area contributed by atoms with Crippen molar-refractivity contribution in [2.24, 2.45) is 12.5 Å². The van der Waals surface area contributed by atoms with Gasteiger partial charge in [0.1, 0.15) is 5.82 Å². The summed E-state index contributed by atoms with van der Waals surface area (Å²) in [5, 5.41) is 10.5. The molecule has 0 spiro atoms. The topological polar surface area (TPSA) is 69.0 Å². The fourth-order valence-electron chi connectivity index (χ4n) is 3.72. The molecule has 7 nitrogen and oxygen atoms in total. The van der Waals surface area contributed by atoms with Crippen LogP contribution in [-0.4, -0.2) is 60.1 Å². The van der Waals surface area contributed by atoms with Crippen LogP contribution in [0.15, 0.2) is 12.1 Å². The van der Waals surface area contributed by atoms with E-state index >= 15 is 0 Å². The summed E-state index contributed by atoms with van der Waals surface area (Å²) < 4.78 is 18.6. The third kappa shape index (κ3) is 5.58. The first-order chi connectivity index (χ1) is 13.7. The van der Waals surface area contributed by atoms with E-state index in [9.17, 15) is 5.11 Å². The Balaban J connectivity index is 0.00000240. The Morgan fingerprint density at radius 1 is 1.06 bits per heavy atom. The third-order valence-electron chi connectivity index (χ3n) is 5.69. The molecule has 1 aliphatic heterocycles. The van der Waals surface area contributed by atoms with E-state index in [1.165, 1.54) is 5.69 Å². The Kier molecular flexibility index (Phi) is 9.50. The minimum Gasteiger partial charge on any atom is -0.493 e. The number of imidazole rings is 1. The predicted octanol–water partition coefficient (Wildman–Crippen LogP) is 3.72. The number of β-amino-alcohol motifs (C(OH)–C–C–N with tert-alkyl or cyclic N) is 1. The molecule has 0 bridgehead atoms. The number of hydrogen-bond donors (Lipinski definition) is 1. The molecule has 9 heteroatoms. The average Bonchev–Trinajstić information content (AvgIpc) is 3.01. The van der Waals surface area contributed by atoms with Crippen molar-refractivity contribution in [3.05, 3.63) is 23.5 Å². The molecule has 0 saturated heterocycles. The number of fused-ring (bicyclic) bond motifs is 1. The van der Waals surface area contributed by atoms with Gasteiger partial charge in [-0.05, 0) is 17.5 Å². The van der Waals surface area contributed by atoms with Crippen LogP contribution in [0.25, 0.3) is 11.4 Å². The summed E-state index contributed by atoms with van der Waals surface area (Å²) in [4.78, 5) is 7.22. The molecule has 31 heavy (non-hydrogen) atoms. The van der Waals surface area contributed by atoms with Crippen LogP contribution in [0.5, 0.6) is 17.2 Å². The summed E-state index contributed by atoms with van der Waals surface area (Å²) in [5.74, 6) is 2.66. The summed E-state index contributed by atoms with van der Waals surface area (Å²) in [6, 6.07) is 3.85. The van der Waals surface area contributed by atoms with E-state index in [4.69, 9.17) is 19.2 Å². The Hall–Kier alpha value is -1.67. The molecule has 0 saturated carbocycles. The van der Waals surface area contributed by atoms with Gasteiger partial charge in [0.2, 0.25) is 5.75 Å². The number of aliphatic hydroxyl groups is 1. The number of benzene rings is 1. The monoisotopic (exact) mass is 475 g/mol. The lowest BCUT2D eigenvalue weighted by Gasteiger charge is -2.33. The van der Waals surface area contributed by atoms with Crippen LogP contribution in [0.4, 0.5) is 0 Å². The maximum Gasteiger partial charge on any atom is 0.203 e. The number of rotatable bonds is 6. The van der Waals surface area contributed by atoms with E-state index in [-0.39, 0.29) is 36.3 Å². The van der Waals surface area contributed by atoms with Gasteiger partial charge in [-0.25, -0.2) is 4.98 Å². The zero-order valence-electron chi connectivity index (χ0n) is 19.4. The maximum absolute atomic E-state index is 10.5. The number of aliphatic hydroxyl groups excluding tert-OH is 1. The molecule has 1 aromatic heterocycles. The quantitative estimate of drug-likeness (QED) is 0.686. The minimum absolute atomic E-state index is 0. The van der Waals surface area contributed by atoms with Crippen molar-refractivity contribution in [2.75, 3.05) is 34.4 Å². The van der Waals surface area contributed by atoms with Gasteiger partial charge < -0.3 is 23.9 Å². The van der Waals surface area contributed by atoms with Crippen LogP contribution >= 0.6 is 24.8 Å². The third-order valence-corrected chi connectivity index (χ3v) is 5.69. The molecule has 1 atom stereocenters. The van der Waals surface area contributed by atoms with Gasteiger partial charge in [0.15, 0.2) is 11.5 Å². The minimum atomic E-state index is -0.373. The molecular formula is C22H35Cl2N3O4. The Bertz CT molecular complexity index is 855. The SMILES string of the molecule is COc1cc(-c2nc3c(n2C)CCN(CC(O)C(C)(C)C)C3)cc(OC)c1OC.Cl.Cl. The van der Waals surface area contributed by atoms with E-state index in [0.29, 0.717) is 23.8 Å². The molecule has 3 rings (SSSR count). The highest BCUT2D eigenvalue weighted by molar-refractivity contribution is 5.85. The highest BCUT2D eigenvalue weighted by Gasteiger charge is 2.29. The van der Waals surface area contributed by atoms with Gasteiger partial charge in [-0.3, -0.25) is 4.90 Å². The zero-order chi connectivity index (χ0) is 21.3. The first-order valence-electron chi connectivity index (χ1n) is 9.94. The molecule has 2 aromatic rings. The van der Waals surface area contributed by atoms with E-state index in [1.807, 2.05) is 19.2 Å². The molecule has 0 amide bonds. The average molecular weight is 476 g/mol. The van der Waals surface area contributed by atoms with Gasteiger partial charge >= 0.3 is 0 Å². The summed E-state index contributed by atoms with van der Waals surface area (Å²) >= 11 is 0. The van der Waals surface area contributed by atoms with E-state index in [2.05, 4.69) is 30.2 Å². The van der Waals surface area contributed by atoms with Crippen molar-refractivity contribution < 1.29 is 19.3 Å². The van der Waals surface area contributed by atoms with Crippen molar-refractivity contribution in [3.8, 4) is 28.6 Å². The molecule has 1 aliphatic rings. The number of aromatic nitrogens is 2. The van der Waals surface area contributed by atoms with Gasteiger partial charge in [-0.1, -0.05) is 20.8 Å². The van der Waals surface area contributed by atoms with Crippen LogP contribution in [-0.2, 0) is 20.0 Å². The molecule has 1 unspecified atom stereocenters. The van der Waals surface area contributed by atoms with Crippen LogP contribution in [0, 0.1) is 5.41 Å². The summed E-state index contributed by atoms with van der Waals surface area (Å²) in [6.45, 7) is 8.50. The second-order valence-corrected chi connectivity index (χ2v) is 8.67. The second kappa shape index (κ2) is 10.8. The van der Waals surface area contributed by atoms with Crippen molar-refractivity contribution in [2.45, 2.75) is 39.8 Å². The summed E-state index contributed by atoms with van der Waals surface area (Å²) in [5.41, 5.74) is 3.07. The van der Waals surface area contributed by atoms with Crippen LogP contribution in [0.1, 0.15) is 32.2 Å². The molecule has 176 valence electrons. The fraction of sp³-hybridized carbons (Fsp3) is 0.591. The second-order valence-electron chi connectivity index (χ2n) is 8.67. The molecule has 1 N–H and O–H groups in total. The van der Waals surface area contributed by atoms with Crippen molar-refractivity contribution in [1.82, 2.24) is 14.5 Å². The number of halogens is 2. The number of nitrogens with zero attached hydrogens (tertiary/aromatic N) is 3. The van der Waals surface area contributed by atoms with Crippen molar-refractivity contribution in [1.29, 1.82) is 0 Å². The predicted molar refractivity (Wildman–Crippen MR) is 127 cm³/mol. The first-order valence-corrected chi connectivity index (χ1v) is 9.94. The number of methoxy groups -OCH3 is 3. The smallest absolute Gasteiger partial charge is 0.203 e. The first kappa shape index (κ1) is 27.4. The lowest BCUT2D eigenvalue weighted by molar-refractivity contribution is 0.0242. The lowest BCUT2D eigenvalue weighted by atomic mass is 9.88. The maximum atomic E-state index is 10.5. The van der Waals surface area contributed by atoms with Crippen LogP contribution in [0.3, 0.4) is 0 Å². The van der Waals surface area contributed by atoms with Crippen molar-refractivity contribution in [3.63, 3.8) is 0 Å². The van der Waals surface area contributed by atoms with Gasteiger partial charge in [0.05, 0.1) is 33.1 Å². The molecule has 2 heterocycles. The van der Waals surface area contributed by atoms with E-state index < -0.39 is 0 Å². The normalized spacial score (nSPS) is 14.7. The van der Waals surface area contributed by atoms with Crippen LogP contribution < -0.4 is 14.2 Å². The summed E-state index contributed by atoms with van der Waals surface area (Å²) in [7, 11) is 6.87. The molecular weight excluding hydrogens is 441 g/mol. The Morgan fingerprint density at radius 2 is 1.65 bits per heavy atom. The largest absolute Gasteiger partial charge is 0.493 e. The zero-order valence-corrected chi connectivity index (χ0v) is 21.0.